The number of nitrogens with one attached hydrogen (secondary N) is 1. The van der Waals surface area contributed by atoms with Crippen LogP contribution in [0.25, 0.3) is 16.6 Å². The van der Waals surface area contributed by atoms with E-state index in [1.807, 2.05) is 24.3 Å². The minimum Gasteiger partial charge on any atom is -0.492 e. The molecule has 5 rings (SSSR count). The van der Waals surface area contributed by atoms with Gasteiger partial charge in [-0.1, -0.05) is 5.47 Å². The number of benzene rings is 2. The number of fused-ring (bicyclic) bond motifs is 1. The van der Waals surface area contributed by atoms with Crippen LogP contribution >= 0.6 is 0 Å². The Morgan fingerprint density at radius 3 is 2.55 bits per heavy atom. The average molecular weight is 440 g/mol. The number of hydrogen-bond donors (Lipinski definition) is 1. The fourth-order valence-electron chi connectivity index (χ4n) is 4.63. The second kappa shape index (κ2) is 9.31. The molecule has 2 aromatic carbocycles. The molecule has 0 spiro atoms. The quantitative estimate of drug-likeness (QED) is 0.558. The second-order valence-electron chi connectivity index (χ2n) is 8.90. The van der Waals surface area contributed by atoms with Gasteiger partial charge in [0.15, 0.2) is 0 Å². The first-order chi connectivity index (χ1) is 16.1. The maximum absolute atomic E-state index is 5.89. The van der Waals surface area contributed by atoms with Gasteiger partial charge in [0.2, 0.25) is 5.95 Å². The molecular weight excluding hydrogens is 411 g/mol. The summed E-state index contributed by atoms with van der Waals surface area (Å²) in [6, 6.07) is 12.1. The molecule has 0 atom stereocenters. The summed E-state index contributed by atoms with van der Waals surface area (Å²) in [5, 5.41) is 12.0. The van der Waals surface area contributed by atoms with Crippen molar-refractivity contribution in [3.63, 3.8) is 0 Å². The van der Waals surface area contributed by atoms with Gasteiger partial charge in [-0.25, -0.2) is 4.98 Å². The third kappa shape index (κ3) is 4.76. The molecule has 1 fully saturated rings. The average Bonchev–Trinajstić information content (AvgIpc) is 3.45. The number of aryl methyl sites for hydroxylation is 1. The van der Waals surface area contributed by atoms with Crippen molar-refractivity contribution in [2.45, 2.75) is 33.6 Å². The summed E-state index contributed by atoms with van der Waals surface area (Å²) in [6.07, 6.45) is 2.61. The summed E-state index contributed by atoms with van der Waals surface area (Å²) >= 11 is 0. The van der Waals surface area contributed by atoms with Crippen molar-refractivity contribution in [3.05, 3.63) is 53.0 Å². The molecule has 2 aliphatic rings. The topological polar surface area (TPSA) is 75.5 Å². The lowest BCUT2D eigenvalue weighted by atomic mass is 9.82. The van der Waals surface area contributed by atoms with Crippen LogP contribution in [-0.4, -0.2) is 59.4 Å². The summed E-state index contributed by atoms with van der Waals surface area (Å²) in [4.78, 5) is 11.7. The summed E-state index contributed by atoms with van der Waals surface area (Å²) in [5.41, 5.74) is 8.32. The van der Waals surface area contributed by atoms with Crippen molar-refractivity contribution in [2.24, 2.45) is 4.90 Å². The first-order valence-corrected chi connectivity index (χ1v) is 11.7. The fraction of sp³-hybridized carbons (Fsp3) is 0.360. The standard InChI is InChI=1S/C25H29BN6O/c1-16-14-19(23-17(2)26-29-18(23)3)15-22-24(16)28-25(31-30-22)27-20-6-8-21(9-7-20)33-13-12-32-10-4-5-11-32/h6-9,14-15,26H,4-5,10-13H2,1-3H3,(H,27,28,31). The highest BCUT2D eigenvalue weighted by molar-refractivity contribution is 6.57. The Morgan fingerprint density at radius 1 is 1.03 bits per heavy atom. The van der Waals surface area contributed by atoms with Crippen molar-refractivity contribution in [2.75, 3.05) is 31.6 Å². The van der Waals surface area contributed by atoms with E-state index in [1.54, 1.807) is 0 Å². The van der Waals surface area contributed by atoms with Gasteiger partial charge >= 0.3 is 0 Å². The molecule has 1 aromatic heterocycles. The van der Waals surface area contributed by atoms with Gasteiger partial charge in [-0.05, 0) is 99.8 Å². The molecule has 168 valence electrons. The van der Waals surface area contributed by atoms with Crippen molar-refractivity contribution < 1.29 is 4.74 Å². The van der Waals surface area contributed by atoms with E-state index in [0.717, 1.165) is 53.3 Å². The molecule has 1 N–H and O–H groups in total. The van der Waals surface area contributed by atoms with E-state index in [2.05, 4.69) is 58.2 Å². The van der Waals surface area contributed by atoms with E-state index in [9.17, 15) is 0 Å². The summed E-state index contributed by atoms with van der Waals surface area (Å²) in [5.74, 6) is 1.35. The van der Waals surface area contributed by atoms with Gasteiger partial charge in [0.25, 0.3) is 7.41 Å². The monoisotopic (exact) mass is 440 g/mol. The Bertz CT molecular complexity index is 1230. The van der Waals surface area contributed by atoms with Gasteiger partial charge in [-0.2, -0.15) is 0 Å². The number of allylic oxidation sites excluding steroid dienone is 2. The predicted octanol–water partition coefficient (Wildman–Crippen LogP) is 4.11. The molecule has 8 heteroatoms. The maximum atomic E-state index is 5.89. The number of rotatable bonds is 7. The Morgan fingerprint density at radius 2 is 1.82 bits per heavy atom. The first kappa shape index (κ1) is 21.6. The van der Waals surface area contributed by atoms with Crippen molar-refractivity contribution in [3.8, 4) is 5.75 Å². The third-order valence-electron chi connectivity index (χ3n) is 6.37. The highest BCUT2D eigenvalue weighted by atomic mass is 16.5. The van der Waals surface area contributed by atoms with Crippen LogP contribution < -0.4 is 10.1 Å². The fourth-order valence-corrected chi connectivity index (χ4v) is 4.63. The Hall–Kier alpha value is -3.26. The SMILES string of the molecule is CC1=NBC(C)=C1c1cc(C)c2nc(Nc3ccc(OCCN4CCCC4)cc3)nnc2c1. The molecule has 0 saturated carbocycles. The Labute approximate surface area is 195 Å². The number of hydrogen-bond acceptors (Lipinski definition) is 7. The van der Waals surface area contributed by atoms with Gasteiger partial charge < -0.3 is 15.0 Å². The summed E-state index contributed by atoms with van der Waals surface area (Å²) < 4.78 is 5.89. The van der Waals surface area contributed by atoms with Crippen LogP contribution in [0.4, 0.5) is 11.6 Å². The number of likely N-dealkylation sites (tertiary alicyclic amines) is 1. The molecule has 0 aliphatic carbocycles. The highest BCUT2D eigenvalue weighted by Gasteiger charge is 2.18. The molecule has 0 bridgehead atoms. The van der Waals surface area contributed by atoms with Crippen LogP contribution in [0.3, 0.4) is 0 Å². The first-order valence-electron chi connectivity index (χ1n) is 11.7. The van der Waals surface area contributed by atoms with E-state index in [1.165, 1.54) is 37.0 Å². The van der Waals surface area contributed by atoms with Crippen LogP contribution in [0.1, 0.15) is 37.8 Å². The van der Waals surface area contributed by atoms with E-state index in [-0.39, 0.29) is 0 Å². The zero-order valence-electron chi connectivity index (χ0n) is 19.6. The second-order valence-corrected chi connectivity index (χ2v) is 8.90. The lowest BCUT2D eigenvalue weighted by Gasteiger charge is -2.15. The van der Waals surface area contributed by atoms with Crippen molar-refractivity contribution in [1.82, 2.24) is 20.1 Å². The van der Waals surface area contributed by atoms with Gasteiger partial charge in [0, 0.05) is 17.9 Å². The van der Waals surface area contributed by atoms with Gasteiger partial charge in [-0.3, -0.25) is 4.90 Å². The van der Waals surface area contributed by atoms with Crippen LogP contribution in [0.15, 0.2) is 46.8 Å². The van der Waals surface area contributed by atoms with Gasteiger partial charge in [-0.15, -0.1) is 10.2 Å². The molecule has 7 nitrogen and oxygen atoms in total. The van der Waals surface area contributed by atoms with E-state index in [0.29, 0.717) is 12.6 Å². The Kier molecular flexibility index (Phi) is 6.09. The molecule has 0 radical (unpaired) electrons. The Balaban J connectivity index is 1.27. The summed E-state index contributed by atoms with van der Waals surface area (Å²) in [6.45, 7) is 10.3. The zero-order valence-corrected chi connectivity index (χ0v) is 19.6. The minimum absolute atomic E-state index is 0.482. The van der Waals surface area contributed by atoms with Crippen LogP contribution in [-0.2, 0) is 0 Å². The zero-order chi connectivity index (χ0) is 22.8. The number of nitrogens with zero attached hydrogens (tertiary/aromatic N) is 5. The minimum atomic E-state index is 0.482. The lowest BCUT2D eigenvalue weighted by molar-refractivity contribution is 0.238. The van der Waals surface area contributed by atoms with E-state index in [4.69, 9.17) is 9.72 Å². The molecule has 0 unspecified atom stereocenters. The van der Waals surface area contributed by atoms with E-state index < -0.39 is 0 Å². The molecule has 3 heterocycles. The third-order valence-corrected chi connectivity index (χ3v) is 6.37. The van der Waals surface area contributed by atoms with Gasteiger partial charge in [0.1, 0.15) is 17.9 Å². The lowest BCUT2D eigenvalue weighted by Crippen LogP contribution is -2.25. The molecular formula is C25H29BN6O. The van der Waals surface area contributed by atoms with Crippen molar-refractivity contribution >= 4 is 41.4 Å². The van der Waals surface area contributed by atoms with E-state index >= 15 is 0 Å². The predicted molar refractivity (Wildman–Crippen MR) is 136 cm³/mol. The molecule has 2 aliphatic heterocycles. The number of ether oxygens (including phenoxy) is 1. The normalized spacial score (nSPS) is 16.3. The largest absolute Gasteiger partial charge is 0.492 e. The molecule has 0 amide bonds. The highest BCUT2D eigenvalue weighted by Crippen LogP contribution is 2.29. The van der Waals surface area contributed by atoms with Gasteiger partial charge in [0.05, 0.1) is 5.52 Å². The van der Waals surface area contributed by atoms with Crippen molar-refractivity contribution in [1.29, 1.82) is 0 Å². The number of aromatic nitrogens is 3. The van der Waals surface area contributed by atoms with Crippen LogP contribution in [0, 0.1) is 6.92 Å². The summed E-state index contributed by atoms with van der Waals surface area (Å²) in [7, 11) is 0.771. The number of anilines is 2. The smallest absolute Gasteiger partial charge is 0.291 e. The molecule has 33 heavy (non-hydrogen) atoms. The van der Waals surface area contributed by atoms with Crippen LogP contribution in [0.5, 0.6) is 5.75 Å². The molecule has 3 aromatic rings. The maximum Gasteiger partial charge on any atom is 0.291 e. The molecule has 1 saturated heterocycles. The van der Waals surface area contributed by atoms with Crippen LogP contribution in [0.2, 0.25) is 0 Å².